The number of aromatic nitrogens is 4. The molecule has 0 radical (unpaired) electrons. The number of nitrogens with zero attached hydrogens (tertiary/aromatic N) is 5. The smallest absolute Gasteiger partial charge is 0.416 e. The van der Waals surface area contributed by atoms with Gasteiger partial charge < -0.3 is 14.5 Å². The third kappa shape index (κ3) is 4.27. The van der Waals surface area contributed by atoms with Crippen molar-refractivity contribution in [2.45, 2.75) is 26.1 Å². The van der Waals surface area contributed by atoms with Crippen molar-refractivity contribution in [3.8, 4) is 5.75 Å². The van der Waals surface area contributed by atoms with Gasteiger partial charge in [-0.2, -0.15) is 28.6 Å². The van der Waals surface area contributed by atoms with Gasteiger partial charge in [-0.3, -0.25) is 9.59 Å². The molecule has 1 aliphatic carbocycles. The van der Waals surface area contributed by atoms with Crippen LogP contribution in [0.25, 0.3) is 21.9 Å². The van der Waals surface area contributed by atoms with Crippen molar-refractivity contribution in [3.05, 3.63) is 59.3 Å². The minimum Gasteiger partial charge on any atom is -0.490 e. The molecule has 2 amide bonds. The Morgan fingerprint density at radius 3 is 2.12 bits per heavy atom. The zero-order valence-corrected chi connectivity index (χ0v) is 22.4. The van der Waals surface area contributed by atoms with Crippen LogP contribution in [0.15, 0.2) is 42.5 Å². The Bertz CT molecular complexity index is 1680. The first-order valence-corrected chi connectivity index (χ1v) is 13.6. The van der Waals surface area contributed by atoms with Gasteiger partial charge in [0.05, 0.1) is 17.2 Å². The molecule has 2 aliphatic heterocycles. The third-order valence-electron chi connectivity index (χ3n) is 8.74. The Morgan fingerprint density at radius 2 is 1.49 bits per heavy atom. The number of ether oxygens (including phenoxy) is 1. The van der Waals surface area contributed by atoms with Gasteiger partial charge in [0.15, 0.2) is 0 Å². The lowest BCUT2D eigenvalue weighted by atomic mass is 9.60. The fourth-order valence-electron chi connectivity index (χ4n) is 6.86. The highest BCUT2D eigenvalue weighted by Gasteiger charge is 2.59. The summed E-state index contributed by atoms with van der Waals surface area (Å²) < 4.78 is 46.1. The zero-order valence-electron chi connectivity index (χ0n) is 22.4. The van der Waals surface area contributed by atoms with Crippen LogP contribution >= 0.6 is 0 Å². The number of amides is 2. The molecule has 3 fully saturated rings. The maximum atomic E-state index is 13.6. The standard InChI is InChI=1S/C29H27F3N6O3/c1-14(2)41-26-9-25(33-23-8-16(29(30,31)32)4-5-17(23)26)28(40)38-12-20-18-10-37(11-19(18)21(20)13-38)27(39)15-3-6-22-24(7-15)35-36-34-22/h3-9,14,18-21H,10-13H2,1-2H3,(H,34,35,36)/t18-,19+,20+,21-. The summed E-state index contributed by atoms with van der Waals surface area (Å²) in [4.78, 5) is 34.8. The predicted molar refractivity (Wildman–Crippen MR) is 142 cm³/mol. The summed E-state index contributed by atoms with van der Waals surface area (Å²) in [6, 6.07) is 10.1. The summed E-state index contributed by atoms with van der Waals surface area (Å²) in [5.74, 6) is 1.12. The van der Waals surface area contributed by atoms with Crippen molar-refractivity contribution in [2.24, 2.45) is 23.7 Å². The molecule has 41 heavy (non-hydrogen) atoms. The van der Waals surface area contributed by atoms with E-state index in [1.165, 1.54) is 12.1 Å². The van der Waals surface area contributed by atoms with Crippen LogP contribution in [-0.4, -0.2) is 74.3 Å². The third-order valence-corrected chi connectivity index (χ3v) is 8.74. The number of hydrogen-bond donors (Lipinski definition) is 1. The monoisotopic (exact) mass is 564 g/mol. The van der Waals surface area contributed by atoms with Gasteiger partial charge in [0, 0.05) is 43.2 Å². The second-order valence-electron chi connectivity index (χ2n) is 11.5. The summed E-state index contributed by atoms with van der Waals surface area (Å²) in [7, 11) is 0. The lowest BCUT2D eigenvalue weighted by Crippen LogP contribution is -2.44. The number of alkyl halides is 3. The summed E-state index contributed by atoms with van der Waals surface area (Å²) in [5, 5.41) is 11.1. The van der Waals surface area contributed by atoms with Crippen LogP contribution in [0.1, 0.15) is 40.3 Å². The molecule has 12 heteroatoms. The summed E-state index contributed by atoms with van der Waals surface area (Å²) >= 11 is 0. The van der Waals surface area contributed by atoms with E-state index >= 15 is 0 Å². The van der Waals surface area contributed by atoms with Crippen LogP contribution in [0.5, 0.6) is 5.75 Å². The van der Waals surface area contributed by atoms with Crippen LogP contribution in [0, 0.1) is 23.7 Å². The number of halogens is 3. The summed E-state index contributed by atoms with van der Waals surface area (Å²) in [6.07, 6.45) is -4.77. The first kappa shape index (κ1) is 25.7. The Kier molecular flexibility index (Phi) is 5.74. The molecule has 2 saturated heterocycles. The van der Waals surface area contributed by atoms with Gasteiger partial charge in [0.1, 0.15) is 22.5 Å². The fourth-order valence-corrected chi connectivity index (χ4v) is 6.86. The van der Waals surface area contributed by atoms with Crippen LogP contribution in [0.4, 0.5) is 13.2 Å². The van der Waals surface area contributed by atoms with E-state index in [-0.39, 0.29) is 41.0 Å². The minimum absolute atomic E-state index is 0.0356. The van der Waals surface area contributed by atoms with E-state index < -0.39 is 11.7 Å². The average Bonchev–Trinajstić information content (AvgIpc) is 3.65. The maximum absolute atomic E-state index is 13.6. The molecule has 7 rings (SSSR count). The molecule has 4 heterocycles. The van der Waals surface area contributed by atoms with Gasteiger partial charge in [-0.05, 0) is 73.9 Å². The number of hydrogen-bond acceptors (Lipinski definition) is 6. The molecule has 1 saturated carbocycles. The van der Waals surface area contributed by atoms with E-state index in [4.69, 9.17) is 4.74 Å². The molecule has 2 aromatic heterocycles. The lowest BCUT2D eigenvalue weighted by molar-refractivity contribution is -0.137. The van der Waals surface area contributed by atoms with Gasteiger partial charge in [-0.15, -0.1) is 0 Å². The van der Waals surface area contributed by atoms with Crippen LogP contribution < -0.4 is 4.74 Å². The van der Waals surface area contributed by atoms with Crippen molar-refractivity contribution in [1.82, 2.24) is 30.2 Å². The fraction of sp³-hybridized carbons (Fsp3) is 0.414. The van der Waals surface area contributed by atoms with Crippen molar-refractivity contribution in [3.63, 3.8) is 0 Å². The summed E-state index contributed by atoms with van der Waals surface area (Å²) in [6.45, 7) is 5.94. The zero-order chi connectivity index (χ0) is 28.6. The van der Waals surface area contributed by atoms with Gasteiger partial charge in [0.2, 0.25) is 0 Å². The van der Waals surface area contributed by atoms with E-state index in [0.717, 1.165) is 12.1 Å². The molecule has 2 aromatic carbocycles. The van der Waals surface area contributed by atoms with E-state index in [2.05, 4.69) is 20.4 Å². The Hall–Kier alpha value is -4.22. The van der Waals surface area contributed by atoms with E-state index in [1.54, 1.807) is 23.1 Å². The van der Waals surface area contributed by atoms with Crippen molar-refractivity contribution in [2.75, 3.05) is 26.2 Å². The Labute approximate surface area is 232 Å². The molecule has 212 valence electrons. The molecule has 0 bridgehead atoms. The highest BCUT2D eigenvalue weighted by molar-refractivity contribution is 5.98. The van der Waals surface area contributed by atoms with Crippen molar-refractivity contribution >= 4 is 33.8 Å². The number of benzene rings is 2. The number of carbonyl (C=O) groups is 2. The Morgan fingerprint density at radius 1 is 0.854 bits per heavy atom. The number of pyridine rings is 1. The number of rotatable bonds is 4. The van der Waals surface area contributed by atoms with Gasteiger partial charge in [-0.1, -0.05) is 0 Å². The molecule has 4 atom stereocenters. The minimum atomic E-state index is -4.53. The highest BCUT2D eigenvalue weighted by atomic mass is 19.4. The van der Waals surface area contributed by atoms with Crippen molar-refractivity contribution < 1.29 is 27.5 Å². The maximum Gasteiger partial charge on any atom is 0.416 e. The molecule has 4 aromatic rings. The Balaban J connectivity index is 1.08. The molecule has 9 nitrogen and oxygen atoms in total. The predicted octanol–water partition coefficient (Wildman–Crippen LogP) is 4.40. The largest absolute Gasteiger partial charge is 0.490 e. The molecular weight excluding hydrogens is 537 g/mol. The summed E-state index contributed by atoms with van der Waals surface area (Å²) in [5.41, 5.74) is 1.22. The lowest BCUT2D eigenvalue weighted by Gasteiger charge is -2.42. The number of aromatic amines is 1. The van der Waals surface area contributed by atoms with Gasteiger partial charge in [-0.25, -0.2) is 4.98 Å². The van der Waals surface area contributed by atoms with Crippen LogP contribution in [0.2, 0.25) is 0 Å². The van der Waals surface area contributed by atoms with Crippen LogP contribution in [0.3, 0.4) is 0 Å². The topological polar surface area (TPSA) is 104 Å². The number of H-pyrrole nitrogens is 1. The number of carbonyl (C=O) groups excluding carboxylic acids is 2. The average molecular weight is 565 g/mol. The highest BCUT2D eigenvalue weighted by Crippen LogP contribution is 2.54. The number of likely N-dealkylation sites (tertiary alicyclic amines) is 2. The molecule has 0 spiro atoms. The quantitative estimate of drug-likeness (QED) is 0.394. The first-order chi connectivity index (χ1) is 19.6. The number of nitrogens with one attached hydrogen (secondary N) is 1. The second-order valence-corrected chi connectivity index (χ2v) is 11.5. The molecular formula is C29H27F3N6O3. The van der Waals surface area contributed by atoms with Crippen molar-refractivity contribution in [1.29, 1.82) is 0 Å². The van der Waals surface area contributed by atoms with E-state index in [1.807, 2.05) is 18.7 Å². The SMILES string of the molecule is CC(C)Oc1cc(C(=O)N2C[C@@H]3[C@H]4CN(C(=O)c5ccc6n[nH]nc6c5)C[C@H]4[C@@H]3C2)nc2cc(C(F)(F)F)ccc12. The van der Waals surface area contributed by atoms with Gasteiger partial charge in [0.25, 0.3) is 11.8 Å². The molecule has 1 N–H and O–H groups in total. The first-order valence-electron chi connectivity index (χ1n) is 13.6. The molecule has 3 aliphatic rings. The van der Waals surface area contributed by atoms with Gasteiger partial charge >= 0.3 is 6.18 Å². The number of fused-ring (bicyclic) bond motifs is 6. The van der Waals surface area contributed by atoms with E-state index in [9.17, 15) is 22.8 Å². The second kappa shape index (κ2) is 9.15. The van der Waals surface area contributed by atoms with Crippen LogP contribution in [-0.2, 0) is 6.18 Å². The normalized spacial score (nSPS) is 23.7. The van der Waals surface area contributed by atoms with E-state index in [0.29, 0.717) is 65.7 Å². The molecule has 0 unspecified atom stereocenters.